The van der Waals surface area contributed by atoms with Crippen molar-refractivity contribution >= 4 is 92.3 Å². The van der Waals surface area contributed by atoms with Crippen molar-refractivity contribution in [2.75, 3.05) is 17.8 Å². The zero-order valence-electron chi connectivity index (χ0n) is 18.0. The molecule has 40 heavy (non-hydrogen) atoms. The lowest BCUT2D eigenvalue weighted by molar-refractivity contribution is 0.712. The summed E-state index contributed by atoms with van der Waals surface area (Å²) < 4.78 is 197. The van der Waals surface area contributed by atoms with Crippen molar-refractivity contribution in [1.82, 2.24) is 0 Å². The molecule has 0 radical (unpaired) electrons. The van der Waals surface area contributed by atoms with E-state index in [2.05, 4.69) is 0 Å². The Bertz CT molecular complexity index is 805. The van der Waals surface area contributed by atoms with E-state index in [1.54, 1.807) is 0 Å². The van der Waals surface area contributed by atoms with Crippen molar-refractivity contribution in [2.24, 2.45) is 0 Å². The molecule has 228 valence electrons. The Balaban J connectivity index is 0.000000400. The first-order valence-corrected chi connectivity index (χ1v) is 17.5. The molecule has 0 aliphatic heterocycles. The highest BCUT2D eigenvalue weighted by Gasteiger charge is 2.33. The molecule has 2 aromatic rings. The minimum atomic E-state index is -4.12. The maximum absolute atomic E-state index is 12.4. The van der Waals surface area contributed by atoms with E-state index in [-0.39, 0.29) is 0 Å². The Kier molecular flexibility index (Phi) is 17.0. The van der Waals surface area contributed by atoms with Crippen LogP contribution in [0.5, 0.6) is 0 Å². The van der Waals surface area contributed by atoms with Gasteiger partial charge < -0.3 is 0 Å². The van der Waals surface area contributed by atoms with E-state index in [4.69, 9.17) is 0 Å². The summed E-state index contributed by atoms with van der Waals surface area (Å²) in [4.78, 5) is 0. The average molecular weight is 760 g/mol. The van der Waals surface area contributed by atoms with Crippen LogP contribution in [0.2, 0.25) is 0 Å². The van der Waals surface area contributed by atoms with Gasteiger partial charge in [0, 0.05) is 0 Å². The van der Waals surface area contributed by atoms with Crippen LogP contribution >= 0.6 is 69.5 Å². The SMILES string of the molecule is FP(F)N(c1ccc(N(P(F)F)P(F)F)cc1)P(F)F.FP(F)N(c1ccc(N(P(F)F)P(F)F)cc1)P(F)F. The average Bonchev–Trinajstić information content (AvgIpc) is 2.80. The van der Waals surface area contributed by atoms with Gasteiger partial charge >= 0.3 is 69.5 Å². The van der Waals surface area contributed by atoms with E-state index in [9.17, 15) is 67.2 Å². The first-order chi connectivity index (χ1) is 18.5. The molecule has 4 nitrogen and oxygen atoms in total. The summed E-state index contributed by atoms with van der Waals surface area (Å²) in [5.74, 6) is 0. The van der Waals surface area contributed by atoms with Crippen LogP contribution in [0, 0.1) is 0 Å². The Morgan fingerprint density at radius 3 is 0.425 bits per heavy atom. The molecule has 0 heterocycles. The maximum Gasteiger partial charge on any atom is 0.381 e. The second kappa shape index (κ2) is 17.9. The lowest BCUT2D eigenvalue weighted by atomic mass is 10.3. The van der Waals surface area contributed by atoms with E-state index in [1.165, 1.54) is 0 Å². The number of hydrogen-bond donors (Lipinski definition) is 0. The molecule has 28 heteroatoms. The van der Waals surface area contributed by atoms with Gasteiger partial charge in [0.05, 0.1) is 22.7 Å². The molecule has 0 N–H and O–H groups in total. The van der Waals surface area contributed by atoms with Gasteiger partial charge in [0.25, 0.3) is 0 Å². The first kappa shape index (κ1) is 38.0. The Morgan fingerprint density at radius 2 is 0.350 bits per heavy atom. The lowest BCUT2D eigenvalue weighted by Crippen LogP contribution is -2.04. The molecule has 0 aliphatic carbocycles. The van der Waals surface area contributed by atoms with Crippen LogP contribution in [0.25, 0.3) is 0 Å². The number of hydrogen-bond acceptors (Lipinski definition) is 4. The molecule has 0 unspecified atom stereocenters. The van der Waals surface area contributed by atoms with Gasteiger partial charge in [0.1, 0.15) is 0 Å². The number of nitrogens with zero attached hydrogens (tertiary/aromatic N) is 4. The van der Waals surface area contributed by atoms with Crippen LogP contribution in [0.1, 0.15) is 0 Å². The highest BCUT2D eigenvalue weighted by atomic mass is 31.3. The number of benzene rings is 2. The Morgan fingerprint density at radius 1 is 0.250 bits per heavy atom. The van der Waals surface area contributed by atoms with E-state index < -0.39 is 110 Å². The van der Waals surface area contributed by atoms with Gasteiger partial charge in [-0.05, 0) is 48.5 Å². The number of halogens is 16. The summed E-state index contributed by atoms with van der Waals surface area (Å²) in [6.45, 7) is 0. The summed E-state index contributed by atoms with van der Waals surface area (Å²) >= 11 is 0. The van der Waals surface area contributed by atoms with Crippen molar-refractivity contribution in [3.05, 3.63) is 48.5 Å². The highest BCUT2D eigenvalue weighted by Crippen LogP contribution is 2.66. The van der Waals surface area contributed by atoms with Gasteiger partial charge in [-0.1, -0.05) is 0 Å². The van der Waals surface area contributed by atoms with Crippen molar-refractivity contribution in [3.8, 4) is 0 Å². The number of rotatable bonds is 12. The quantitative estimate of drug-likeness (QED) is 0.158. The summed E-state index contributed by atoms with van der Waals surface area (Å²) in [5, 5.41) is 0. The molecule has 0 saturated carbocycles. The van der Waals surface area contributed by atoms with Crippen molar-refractivity contribution in [1.29, 1.82) is 0 Å². The third kappa shape index (κ3) is 11.2. The fraction of sp³-hybridized carbons (Fsp3) is 0. The van der Waals surface area contributed by atoms with Crippen molar-refractivity contribution in [2.45, 2.75) is 0 Å². The minimum absolute atomic E-state index is 0.444. The second-order valence-corrected chi connectivity index (χ2v) is 13.8. The van der Waals surface area contributed by atoms with Crippen LogP contribution in [-0.2, 0) is 0 Å². The van der Waals surface area contributed by atoms with Gasteiger partial charge in [0.15, 0.2) is 0 Å². The largest absolute Gasteiger partial charge is 0.381 e. The Labute approximate surface area is 226 Å². The summed E-state index contributed by atoms with van der Waals surface area (Å²) in [7, 11) is -33.0. The zero-order chi connectivity index (χ0) is 30.9. The summed E-state index contributed by atoms with van der Waals surface area (Å²) in [5.41, 5.74) is -2.43. The lowest BCUT2D eigenvalue weighted by Gasteiger charge is -2.22. The molecular formula is C12H8F16N4P8. The molecule has 0 fully saturated rings. The fourth-order valence-corrected chi connectivity index (χ4v) is 6.44. The Hall–Kier alpha value is -0.0400. The molecule has 0 atom stereocenters. The van der Waals surface area contributed by atoms with Crippen LogP contribution in [0.15, 0.2) is 48.5 Å². The van der Waals surface area contributed by atoms with Crippen LogP contribution in [-0.4, -0.2) is 0 Å². The molecule has 2 rings (SSSR count). The van der Waals surface area contributed by atoms with E-state index >= 15 is 0 Å². The fourth-order valence-electron chi connectivity index (χ4n) is 2.34. The molecule has 0 saturated heterocycles. The van der Waals surface area contributed by atoms with E-state index in [0.29, 0.717) is 48.5 Å². The van der Waals surface area contributed by atoms with E-state index in [0.717, 1.165) is 0 Å². The van der Waals surface area contributed by atoms with E-state index in [1.807, 2.05) is 0 Å². The third-order valence-electron chi connectivity index (χ3n) is 3.77. The smallest absolute Gasteiger partial charge is 0.224 e. The zero-order valence-corrected chi connectivity index (χ0v) is 25.2. The summed E-state index contributed by atoms with van der Waals surface area (Å²) in [6.07, 6.45) is 0. The van der Waals surface area contributed by atoms with Gasteiger partial charge in [-0.2, -0.15) is 67.2 Å². The predicted octanol–water partition coefficient (Wildman–Crippen LogP) is 15.9. The third-order valence-corrected chi connectivity index (χ3v) is 11.2. The molecular weight excluding hydrogens is 752 g/mol. The van der Waals surface area contributed by atoms with Crippen LogP contribution in [0.4, 0.5) is 89.9 Å². The molecule has 2 aromatic carbocycles. The molecule has 0 aromatic heterocycles. The number of anilines is 4. The van der Waals surface area contributed by atoms with Gasteiger partial charge in [-0.25, -0.2) is 17.8 Å². The molecule has 0 bridgehead atoms. The molecule has 0 spiro atoms. The second-order valence-electron chi connectivity index (χ2n) is 5.91. The first-order valence-electron chi connectivity index (χ1n) is 8.84. The van der Waals surface area contributed by atoms with Crippen molar-refractivity contribution < 1.29 is 67.2 Å². The summed E-state index contributed by atoms with van der Waals surface area (Å²) in [6, 6.07) is 5.47. The molecule has 0 aliphatic rings. The maximum atomic E-state index is 12.4. The normalized spacial score (nSPS) is 11.8. The minimum Gasteiger partial charge on any atom is -0.224 e. The van der Waals surface area contributed by atoms with Gasteiger partial charge in [-0.15, -0.1) is 0 Å². The molecule has 0 amide bonds. The van der Waals surface area contributed by atoms with Crippen molar-refractivity contribution in [3.63, 3.8) is 0 Å². The van der Waals surface area contributed by atoms with Crippen LogP contribution < -0.4 is 17.8 Å². The highest BCUT2D eigenvalue weighted by molar-refractivity contribution is 7.68. The monoisotopic (exact) mass is 760 g/mol. The van der Waals surface area contributed by atoms with Gasteiger partial charge in [-0.3, -0.25) is 0 Å². The topological polar surface area (TPSA) is 13.0 Å². The standard InChI is InChI=1S/2C6H4F8N2P4/c2*7-17(8)15(18(9)10)5-1-2-6(4-3-5)16(19(11)12)20(13)14/h2*1-4H. The predicted molar refractivity (Wildman–Crippen MR) is 136 cm³/mol. The van der Waals surface area contributed by atoms with Gasteiger partial charge in [0.2, 0.25) is 0 Å². The van der Waals surface area contributed by atoms with Crippen LogP contribution in [0.3, 0.4) is 0 Å².